The third-order valence-corrected chi connectivity index (χ3v) is 4.70. The Labute approximate surface area is 136 Å². The van der Waals surface area contributed by atoms with Crippen molar-refractivity contribution in [1.29, 1.82) is 0 Å². The standard InChI is InChI=1S/C19H33N3/c1-6-7-12-21-13-8-9-18(21)17-10-11-19(20-14-17)22(15(2)3)16(4)5/h10-11,14-16,18H,6-9,12-13H2,1-5H3/t18-/m0/s1. The molecule has 3 nitrogen and oxygen atoms in total. The summed E-state index contributed by atoms with van der Waals surface area (Å²) in [6.07, 6.45) is 7.29. The lowest BCUT2D eigenvalue weighted by atomic mass is 10.1. The van der Waals surface area contributed by atoms with Gasteiger partial charge in [0.15, 0.2) is 0 Å². The van der Waals surface area contributed by atoms with Crippen LogP contribution in [0.1, 0.15) is 71.9 Å². The average molecular weight is 303 g/mol. The van der Waals surface area contributed by atoms with Gasteiger partial charge >= 0.3 is 0 Å². The normalized spacial score (nSPS) is 19.3. The molecule has 124 valence electrons. The van der Waals surface area contributed by atoms with E-state index < -0.39 is 0 Å². The molecule has 0 bridgehead atoms. The number of likely N-dealkylation sites (tertiary alicyclic amines) is 1. The van der Waals surface area contributed by atoms with E-state index in [-0.39, 0.29) is 0 Å². The van der Waals surface area contributed by atoms with Crippen molar-refractivity contribution in [2.45, 2.75) is 78.4 Å². The maximum absolute atomic E-state index is 4.78. The zero-order chi connectivity index (χ0) is 16.1. The van der Waals surface area contributed by atoms with Crippen molar-refractivity contribution in [1.82, 2.24) is 9.88 Å². The Morgan fingerprint density at radius 2 is 1.95 bits per heavy atom. The zero-order valence-corrected chi connectivity index (χ0v) is 15.0. The van der Waals surface area contributed by atoms with Crippen LogP contribution in [0.2, 0.25) is 0 Å². The molecule has 0 N–H and O–H groups in total. The van der Waals surface area contributed by atoms with Gasteiger partial charge in [-0.05, 0) is 71.7 Å². The molecule has 2 rings (SSSR count). The van der Waals surface area contributed by atoms with Crippen LogP contribution >= 0.6 is 0 Å². The average Bonchev–Trinajstić information content (AvgIpc) is 2.93. The van der Waals surface area contributed by atoms with Crippen LogP contribution in [-0.2, 0) is 0 Å². The molecule has 1 saturated heterocycles. The fraction of sp³-hybridized carbons (Fsp3) is 0.737. The van der Waals surface area contributed by atoms with Crippen LogP contribution < -0.4 is 4.90 Å². The highest BCUT2D eigenvalue weighted by Crippen LogP contribution is 2.32. The number of rotatable bonds is 7. The summed E-state index contributed by atoms with van der Waals surface area (Å²) in [5.41, 5.74) is 1.39. The number of nitrogens with zero attached hydrogens (tertiary/aromatic N) is 3. The largest absolute Gasteiger partial charge is 0.352 e. The molecule has 3 heteroatoms. The van der Waals surface area contributed by atoms with E-state index in [9.17, 15) is 0 Å². The van der Waals surface area contributed by atoms with E-state index in [1.807, 2.05) is 0 Å². The maximum Gasteiger partial charge on any atom is 0.128 e. The van der Waals surface area contributed by atoms with Gasteiger partial charge in [-0.1, -0.05) is 19.4 Å². The van der Waals surface area contributed by atoms with Crippen molar-refractivity contribution in [2.24, 2.45) is 0 Å². The first-order valence-corrected chi connectivity index (χ1v) is 9.03. The predicted octanol–water partition coefficient (Wildman–Crippen LogP) is 4.64. The lowest BCUT2D eigenvalue weighted by molar-refractivity contribution is 0.253. The summed E-state index contributed by atoms with van der Waals surface area (Å²) in [7, 11) is 0. The van der Waals surface area contributed by atoms with Gasteiger partial charge in [0.25, 0.3) is 0 Å². The highest BCUT2D eigenvalue weighted by atomic mass is 15.2. The Balaban J connectivity index is 2.11. The van der Waals surface area contributed by atoms with Gasteiger partial charge in [-0.25, -0.2) is 4.98 Å². The first-order chi connectivity index (χ1) is 10.5. The second kappa shape index (κ2) is 7.96. The van der Waals surface area contributed by atoms with Gasteiger partial charge in [0.1, 0.15) is 5.82 Å². The molecule has 1 fully saturated rings. The van der Waals surface area contributed by atoms with Crippen molar-refractivity contribution in [3.8, 4) is 0 Å². The fourth-order valence-electron chi connectivity index (χ4n) is 3.71. The number of unbranched alkanes of at least 4 members (excludes halogenated alkanes) is 1. The molecule has 0 aliphatic carbocycles. The minimum absolute atomic E-state index is 0.478. The Bertz CT molecular complexity index is 430. The van der Waals surface area contributed by atoms with Gasteiger partial charge in [-0.3, -0.25) is 4.90 Å². The van der Waals surface area contributed by atoms with E-state index in [2.05, 4.69) is 62.7 Å². The molecule has 1 aromatic heterocycles. The van der Waals surface area contributed by atoms with E-state index in [1.54, 1.807) is 0 Å². The van der Waals surface area contributed by atoms with Gasteiger partial charge in [-0.2, -0.15) is 0 Å². The molecule has 1 aliphatic rings. The Hall–Kier alpha value is -1.09. The molecule has 0 amide bonds. The molecule has 0 radical (unpaired) electrons. The summed E-state index contributed by atoms with van der Waals surface area (Å²) >= 11 is 0. The van der Waals surface area contributed by atoms with Gasteiger partial charge in [0.05, 0.1) is 0 Å². The third-order valence-electron chi connectivity index (χ3n) is 4.70. The molecule has 1 aliphatic heterocycles. The molecule has 2 heterocycles. The van der Waals surface area contributed by atoms with Crippen LogP contribution in [0.3, 0.4) is 0 Å². The third kappa shape index (κ3) is 4.01. The highest BCUT2D eigenvalue weighted by molar-refractivity contribution is 5.41. The van der Waals surface area contributed by atoms with Crippen molar-refractivity contribution in [2.75, 3.05) is 18.0 Å². The summed E-state index contributed by atoms with van der Waals surface area (Å²) in [4.78, 5) is 9.80. The molecule has 0 spiro atoms. The maximum atomic E-state index is 4.78. The van der Waals surface area contributed by atoms with Crippen LogP contribution in [-0.4, -0.2) is 35.1 Å². The minimum Gasteiger partial charge on any atom is -0.352 e. The van der Waals surface area contributed by atoms with Crippen LogP contribution in [0.5, 0.6) is 0 Å². The quantitative estimate of drug-likeness (QED) is 0.731. The van der Waals surface area contributed by atoms with Gasteiger partial charge in [0.2, 0.25) is 0 Å². The Kier molecular flexibility index (Phi) is 6.25. The lowest BCUT2D eigenvalue weighted by Crippen LogP contribution is -2.37. The van der Waals surface area contributed by atoms with Crippen LogP contribution in [0, 0.1) is 0 Å². The van der Waals surface area contributed by atoms with Gasteiger partial charge in [-0.15, -0.1) is 0 Å². The zero-order valence-electron chi connectivity index (χ0n) is 15.0. The van der Waals surface area contributed by atoms with Crippen LogP contribution in [0.25, 0.3) is 0 Å². The molecule has 22 heavy (non-hydrogen) atoms. The minimum atomic E-state index is 0.478. The summed E-state index contributed by atoms with van der Waals surface area (Å²) in [5.74, 6) is 1.10. The second-order valence-corrected chi connectivity index (χ2v) is 7.09. The summed E-state index contributed by atoms with van der Waals surface area (Å²) in [5, 5.41) is 0. The first kappa shape index (κ1) is 17.3. The van der Waals surface area contributed by atoms with Gasteiger partial charge in [0, 0.05) is 24.3 Å². The molecular formula is C19H33N3. The van der Waals surface area contributed by atoms with E-state index in [0.717, 1.165) is 5.82 Å². The molecular weight excluding hydrogens is 270 g/mol. The number of aromatic nitrogens is 1. The van der Waals surface area contributed by atoms with Crippen molar-refractivity contribution < 1.29 is 0 Å². The second-order valence-electron chi connectivity index (χ2n) is 7.09. The van der Waals surface area contributed by atoms with Crippen molar-refractivity contribution in [3.63, 3.8) is 0 Å². The molecule has 0 unspecified atom stereocenters. The molecule has 0 aromatic carbocycles. The molecule has 1 aromatic rings. The Morgan fingerprint density at radius 3 is 2.50 bits per heavy atom. The van der Waals surface area contributed by atoms with E-state index in [4.69, 9.17) is 4.98 Å². The fourth-order valence-corrected chi connectivity index (χ4v) is 3.71. The number of hydrogen-bond donors (Lipinski definition) is 0. The topological polar surface area (TPSA) is 19.4 Å². The molecule has 0 saturated carbocycles. The van der Waals surface area contributed by atoms with Crippen molar-refractivity contribution in [3.05, 3.63) is 23.9 Å². The number of anilines is 1. The Morgan fingerprint density at radius 1 is 1.23 bits per heavy atom. The predicted molar refractivity (Wildman–Crippen MR) is 95.4 cm³/mol. The van der Waals surface area contributed by atoms with Gasteiger partial charge < -0.3 is 4.90 Å². The van der Waals surface area contributed by atoms with Crippen molar-refractivity contribution >= 4 is 5.82 Å². The SMILES string of the molecule is CCCCN1CCC[C@H]1c1ccc(N(C(C)C)C(C)C)nc1. The molecule has 1 atom stereocenters. The monoisotopic (exact) mass is 303 g/mol. The van der Waals surface area contributed by atoms with E-state index in [0.29, 0.717) is 18.1 Å². The van der Waals surface area contributed by atoms with Crippen LogP contribution in [0.4, 0.5) is 5.82 Å². The van der Waals surface area contributed by atoms with E-state index >= 15 is 0 Å². The summed E-state index contributed by atoms with van der Waals surface area (Å²) < 4.78 is 0. The number of hydrogen-bond acceptors (Lipinski definition) is 3. The lowest BCUT2D eigenvalue weighted by Gasteiger charge is -2.32. The summed E-state index contributed by atoms with van der Waals surface area (Å²) in [6, 6.07) is 6.05. The smallest absolute Gasteiger partial charge is 0.128 e. The highest BCUT2D eigenvalue weighted by Gasteiger charge is 2.26. The first-order valence-electron chi connectivity index (χ1n) is 9.03. The summed E-state index contributed by atoms with van der Waals surface area (Å²) in [6.45, 7) is 13.7. The van der Waals surface area contributed by atoms with E-state index in [1.165, 1.54) is 44.3 Å². The van der Waals surface area contributed by atoms with Crippen LogP contribution in [0.15, 0.2) is 18.3 Å². The number of pyridine rings is 1.